The van der Waals surface area contributed by atoms with Gasteiger partial charge in [-0.3, -0.25) is 4.57 Å². The molecular weight excluding hydrogens is 477 g/mol. The summed E-state index contributed by atoms with van der Waals surface area (Å²) in [5.74, 6) is 0.977. The van der Waals surface area contributed by atoms with Crippen molar-refractivity contribution >= 4 is 36.0 Å². The number of halogens is 1. The van der Waals surface area contributed by atoms with Gasteiger partial charge in [0.1, 0.15) is 36.3 Å². The van der Waals surface area contributed by atoms with E-state index < -0.39 is 38.5 Å². The van der Waals surface area contributed by atoms with Gasteiger partial charge in [-0.05, 0) is 24.6 Å². The summed E-state index contributed by atoms with van der Waals surface area (Å²) in [5.41, 5.74) is 1.33. The third kappa shape index (κ3) is 5.51. The van der Waals surface area contributed by atoms with Crippen LogP contribution < -0.4 is 5.32 Å². The van der Waals surface area contributed by atoms with Gasteiger partial charge in [0.25, 0.3) is 0 Å². The van der Waals surface area contributed by atoms with E-state index in [4.69, 9.17) is 30.9 Å². The number of hydrogen-bond donors (Lipinski definition) is 5. The Balaban J connectivity index is 1.54. The summed E-state index contributed by atoms with van der Waals surface area (Å²) in [4.78, 5) is 26.7. The first-order chi connectivity index (χ1) is 15.6. The molecule has 0 radical (unpaired) electrons. The molecule has 3 aromatic rings. The number of ether oxygens (including phenoxy) is 2. The van der Waals surface area contributed by atoms with Crippen molar-refractivity contribution in [1.29, 1.82) is 0 Å². The SMILES string of the molecule is Cc1nc(NCc2cccc(Cl)c2)c2cnn([C@@H]3O[C@H](COCP(=O)(O)O)[C@@H](O)[C@H]3O)c2n1. The molecule has 0 bridgehead atoms. The van der Waals surface area contributed by atoms with E-state index in [2.05, 4.69) is 20.4 Å². The number of aryl methyl sites for hydroxylation is 1. The zero-order valence-corrected chi connectivity index (χ0v) is 19.1. The topological polar surface area (TPSA) is 172 Å². The van der Waals surface area contributed by atoms with Crippen LogP contribution in [-0.2, 0) is 20.6 Å². The van der Waals surface area contributed by atoms with Crippen molar-refractivity contribution in [2.45, 2.75) is 38.0 Å². The number of nitrogens with one attached hydrogen (secondary N) is 1. The second-order valence-electron chi connectivity index (χ2n) is 7.64. The fraction of sp³-hybridized carbons (Fsp3) is 0.421. The van der Waals surface area contributed by atoms with Gasteiger partial charge in [-0.15, -0.1) is 0 Å². The van der Waals surface area contributed by atoms with Crippen LogP contribution >= 0.6 is 19.2 Å². The molecule has 2 aromatic heterocycles. The molecule has 178 valence electrons. The van der Waals surface area contributed by atoms with Crippen molar-refractivity contribution in [3.8, 4) is 0 Å². The quantitative estimate of drug-likeness (QED) is 0.281. The van der Waals surface area contributed by atoms with Crippen molar-refractivity contribution < 1.29 is 34.0 Å². The monoisotopic (exact) mass is 499 g/mol. The van der Waals surface area contributed by atoms with Crippen LogP contribution in [0, 0.1) is 6.92 Å². The van der Waals surface area contributed by atoms with Crippen LogP contribution in [0.5, 0.6) is 0 Å². The average Bonchev–Trinajstić information content (AvgIpc) is 3.27. The van der Waals surface area contributed by atoms with Gasteiger partial charge in [0.15, 0.2) is 11.9 Å². The summed E-state index contributed by atoms with van der Waals surface area (Å²) >= 11 is 6.04. The molecule has 0 unspecified atom stereocenters. The van der Waals surface area contributed by atoms with Gasteiger partial charge in [0, 0.05) is 11.6 Å². The van der Waals surface area contributed by atoms with Crippen LogP contribution in [-0.4, -0.2) is 71.0 Å². The molecule has 1 aromatic carbocycles. The van der Waals surface area contributed by atoms with Crippen molar-refractivity contribution in [3.05, 3.63) is 46.9 Å². The van der Waals surface area contributed by atoms with Gasteiger partial charge in [-0.2, -0.15) is 5.10 Å². The Kier molecular flexibility index (Phi) is 6.99. The summed E-state index contributed by atoms with van der Waals surface area (Å²) in [7, 11) is -4.37. The summed E-state index contributed by atoms with van der Waals surface area (Å²) < 4.78 is 22.9. The van der Waals surface area contributed by atoms with E-state index in [1.165, 1.54) is 10.9 Å². The first-order valence-electron chi connectivity index (χ1n) is 9.96. The number of benzene rings is 1. The highest BCUT2D eigenvalue weighted by Crippen LogP contribution is 2.36. The van der Waals surface area contributed by atoms with Crippen molar-refractivity contribution in [2.24, 2.45) is 0 Å². The molecule has 4 rings (SSSR count). The number of fused-ring (bicyclic) bond motifs is 1. The molecule has 0 amide bonds. The molecular formula is C19H23ClN5O7P. The Morgan fingerprint density at radius 2 is 2.06 bits per heavy atom. The smallest absolute Gasteiger partial charge is 0.350 e. The fourth-order valence-corrected chi connectivity index (χ4v) is 4.10. The number of hydrogen-bond acceptors (Lipinski definition) is 9. The van der Waals surface area contributed by atoms with Crippen molar-refractivity contribution in [3.63, 3.8) is 0 Å². The normalized spacial score (nSPS) is 23.3. The second-order valence-corrected chi connectivity index (χ2v) is 9.66. The lowest BCUT2D eigenvalue weighted by atomic mass is 10.1. The highest BCUT2D eigenvalue weighted by atomic mass is 35.5. The summed E-state index contributed by atoms with van der Waals surface area (Å²) in [5, 5.41) is 29.6. The van der Waals surface area contributed by atoms with Crippen molar-refractivity contribution in [2.75, 3.05) is 18.3 Å². The van der Waals surface area contributed by atoms with Crippen LogP contribution in [0.1, 0.15) is 17.6 Å². The third-order valence-corrected chi connectivity index (χ3v) is 5.79. The maximum absolute atomic E-state index is 10.9. The van der Waals surface area contributed by atoms with Gasteiger partial charge < -0.3 is 34.8 Å². The molecule has 0 spiro atoms. The van der Waals surface area contributed by atoms with E-state index >= 15 is 0 Å². The van der Waals surface area contributed by atoms with E-state index in [0.717, 1.165) is 5.56 Å². The maximum Gasteiger partial charge on any atom is 0.350 e. The van der Waals surface area contributed by atoms with E-state index in [1.54, 1.807) is 13.0 Å². The Hall–Kier alpha value is -2.15. The molecule has 4 atom stereocenters. The summed E-state index contributed by atoms with van der Waals surface area (Å²) in [6.07, 6.45) is -4.12. The maximum atomic E-state index is 10.9. The zero-order valence-electron chi connectivity index (χ0n) is 17.4. The third-order valence-electron chi connectivity index (χ3n) is 5.03. The highest BCUT2D eigenvalue weighted by molar-refractivity contribution is 7.51. The molecule has 1 aliphatic heterocycles. The van der Waals surface area contributed by atoms with Crippen LogP contribution in [0.25, 0.3) is 11.0 Å². The number of nitrogens with zero attached hydrogens (tertiary/aromatic N) is 4. The van der Waals surface area contributed by atoms with Crippen molar-refractivity contribution in [1.82, 2.24) is 19.7 Å². The molecule has 1 aliphatic rings. The predicted octanol–water partition coefficient (Wildman–Crippen LogP) is 1.17. The number of aliphatic hydroxyl groups is 2. The second kappa shape index (κ2) is 9.61. The number of anilines is 1. The fourth-order valence-electron chi connectivity index (χ4n) is 3.54. The first kappa shape index (κ1) is 24.0. The van der Waals surface area contributed by atoms with Gasteiger partial charge >= 0.3 is 7.60 Å². The molecule has 1 saturated heterocycles. The minimum absolute atomic E-state index is 0.320. The lowest BCUT2D eigenvalue weighted by Crippen LogP contribution is -2.34. The molecule has 0 aliphatic carbocycles. The zero-order chi connectivity index (χ0) is 23.8. The first-order valence-corrected chi connectivity index (χ1v) is 12.1. The largest absolute Gasteiger partial charge is 0.387 e. The van der Waals surface area contributed by atoms with Crippen LogP contribution in [0.2, 0.25) is 5.02 Å². The van der Waals surface area contributed by atoms with Crippen LogP contribution in [0.15, 0.2) is 30.5 Å². The standard InChI is InChI=1S/C19H23ClN5O7P/c1-10-23-17(21-6-11-3-2-4-12(20)5-11)13-7-22-25(18(13)24-10)19-16(27)15(26)14(32-19)8-31-9-33(28,29)30/h2-5,7,14-16,19,26-27H,6,8-9H2,1H3,(H,21,23,24)(H2,28,29,30)/t14-,15-,16-,19-/m1/s1. The Morgan fingerprint density at radius 1 is 1.27 bits per heavy atom. The Labute approximate surface area is 193 Å². The van der Waals surface area contributed by atoms with E-state index in [0.29, 0.717) is 34.2 Å². The minimum Gasteiger partial charge on any atom is -0.387 e. The lowest BCUT2D eigenvalue weighted by molar-refractivity contribution is -0.0658. The number of rotatable bonds is 8. The molecule has 12 nitrogen and oxygen atoms in total. The van der Waals surface area contributed by atoms with Crippen LogP contribution in [0.3, 0.4) is 0 Å². The van der Waals surface area contributed by atoms with Gasteiger partial charge in [0.05, 0.1) is 18.2 Å². The summed E-state index contributed by atoms with van der Waals surface area (Å²) in [6.45, 7) is 1.85. The van der Waals surface area contributed by atoms with Gasteiger partial charge in [-0.25, -0.2) is 14.6 Å². The lowest BCUT2D eigenvalue weighted by Gasteiger charge is -2.16. The summed E-state index contributed by atoms with van der Waals surface area (Å²) in [6, 6.07) is 7.39. The Morgan fingerprint density at radius 3 is 2.79 bits per heavy atom. The molecule has 0 saturated carbocycles. The number of aromatic nitrogens is 4. The molecule has 5 N–H and O–H groups in total. The molecule has 1 fully saturated rings. The Bertz CT molecular complexity index is 1190. The van der Waals surface area contributed by atoms with E-state index in [1.807, 2.05) is 18.2 Å². The predicted molar refractivity (Wildman–Crippen MR) is 118 cm³/mol. The number of aliphatic hydroxyl groups excluding tert-OH is 2. The molecule has 33 heavy (non-hydrogen) atoms. The minimum atomic E-state index is -4.37. The van der Waals surface area contributed by atoms with E-state index in [-0.39, 0.29) is 6.61 Å². The average molecular weight is 500 g/mol. The van der Waals surface area contributed by atoms with Gasteiger partial charge in [-0.1, -0.05) is 23.7 Å². The molecule has 3 heterocycles. The molecule has 14 heteroatoms. The van der Waals surface area contributed by atoms with Gasteiger partial charge in [0.2, 0.25) is 0 Å². The highest BCUT2D eigenvalue weighted by Gasteiger charge is 2.45. The van der Waals surface area contributed by atoms with Crippen LogP contribution in [0.4, 0.5) is 5.82 Å². The van der Waals surface area contributed by atoms with E-state index in [9.17, 15) is 14.8 Å².